The molecule has 0 atom stereocenters. The molecule has 6 nitrogen and oxygen atoms in total. The van der Waals surface area contributed by atoms with E-state index in [1.54, 1.807) is 35.2 Å². The SMILES string of the molecule is N#Cc1cc(S(=O)(=O)N2CCCN(C(=O)c3ccccc3Cl)CC2)ccc1F. The number of halogens is 2. The molecular formula is C19H17ClFN3O3S. The van der Waals surface area contributed by atoms with Crippen molar-refractivity contribution in [1.29, 1.82) is 5.26 Å². The Morgan fingerprint density at radius 1 is 1.11 bits per heavy atom. The van der Waals surface area contributed by atoms with Gasteiger partial charge in [-0.2, -0.15) is 9.57 Å². The lowest BCUT2D eigenvalue weighted by atomic mass is 10.2. The van der Waals surface area contributed by atoms with E-state index in [9.17, 15) is 17.6 Å². The highest BCUT2D eigenvalue weighted by Crippen LogP contribution is 2.22. The monoisotopic (exact) mass is 421 g/mol. The maximum atomic E-state index is 13.5. The normalized spacial score (nSPS) is 15.7. The van der Waals surface area contributed by atoms with Gasteiger partial charge >= 0.3 is 0 Å². The lowest BCUT2D eigenvalue weighted by Gasteiger charge is -2.22. The molecule has 9 heteroatoms. The Labute approximate surface area is 167 Å². The Balaban J connectivity index is 1.79. The second kappa shape index (κ2) is 8.27. The number of benzene rings is 2. The Morgan fingerprint density at radius 3 is 2.57 bits per heavy atom. The van der Waals surface area contributed by atoms with Crippen molar-refractivity contribution >= 4 is 27.5 Å². The lowest BCUT2D eigenvalue weighted by Crippen LogP contribution is -2.37. The van der Waals surface area contributed by atoms with Gasteiger partial charge in [0.05, 0.1) is 21.0 Å². The molecule has 1 amide bonds. The van der Waals surface area contributed by atoms with E-state index in [0.29, 0.717) is 23.6 Å². The first-order chi connectivity index (χ1) is 13.3. The number of hydrogen-bond acceptors (Lipinski definition) is 4. The van der Waals surface area contributed by atoms with Gasteiger partial charge in [0.25, 0.3) is 5.91 Å². The Hall–Kier alpha value is -2.47. The molecule has 28 heavy (non-hydrogen) atoms. The first-order valence-corrected chi connectivity index (χ1v) is 10.4. The van der Waals surface area contributed by atoms with E-state index < -0.39 is 15.8 Å². The van der Waals surface area contributed by atoms with Crippen molar-refractivity contribution in [3.8, 4) is 6.07 Å². The van der Waals surface area contributed by atoms with Crippen LogP contribution < -0.4 is 0 Å². The summed E-state index contributed by atoms with van der Waals surface area (Å²) in [5, 5.41) is 9.28. The standard InChI is InChI=1S/C19H17ClFN3O3S/c20-17-5-2-1-4-16(17)19(25)23-8-3-9-24(11-10-23)28(26,27)15-6-7-18(21)14(12-15)13-22/h1-2,4-7,12H,3,8-11H2. The maximum Gasteiger partial charge on any atom is 0.255 e. The number of rotatable bonds is 3. The Morgan fingerprint density at radius 2 is 1.86 bits per heavy atom. The number of amides is 1. The van der Waals surface area contributed by atoms with Crippen molar-refractivity contribution < 1.29 is 17.6 Å². The van der Waals surface area contributed by atoms with Crippen molar-refractivity contribution in [2.24, 2.45) is 0 Å². The fourth-order valence-corrected chi connectivity index (χ4v) is 4.75. The number of sulfonamides is 1. The Kier molecular flexibility index (Phi) is 5.98. The first-order valence-electron chi connectivity index (χ1n) is 8.58. The van der Waals surface area contributed by atoms with Crippen molar-refractivity contribution in [1.82, 2.24) is 9.21 Å². The van der Waals surface area contributed by atoms with Gasteiger partial charge in [-0.25, -0.2) is 12.8 Å². The second-order valence-electron chi connectivity index (χ2n) is 6.28. The van der Waals surface area contributed by atoms with Crippen LogP contribution in [-0.4, -0.2) is 49.7 Å². The van der Waals surface area contributed by atoms with E-state index in [-0.39, 0.29) is 36.0 Å². The maximum absolute atomic E-state index is 13.5. The first kappa shape index (κ1) is 20.3. The third kappa shape index (κ3) is 4.02. The summed E-state index contributed by atoms with van der Waals surface area (Å²) in [5.74, 6) is -1.02. The van der Waals surface area contributed by atoms with Crippen molar-refractivity contribution in [2.45, 2.75) is 11.3 Å². The van der Waals surface area contributed by atoms with Crippen LogP contribution in [-0.2, 0) is 10.0 Å². The molecule has 1 aliphatic rings. The minimum atomic E-state index is -3.91. The van der Waals surface area contributed by atoms with Gasteiger partial charge in [0, 0.05) is 26.2 Å². The van der Waals surface area contributed by atoms with Crippen LogP contribution in [0, 0.1) is 17.1 Å². The van der Waals surface area contributed by atoms with Crippen LogP contribution >= 0.6 is 11.6 Å². The fourth-order valence-electron chi connectivity index (χ4n) is 3.04. The average molecular weight is 422 g/mol. The van der Waals surface area contributed by atoms with Crippen molar-refractivity contribution in [2.75, 3.05) is 26.2 Å². The molecule has 2 aromatic rings. The Bertz CT molecular complexity index is 1050. The molecule has 0 spiro atoms. The molecule has 0 aliphatic carbocycles. The molecule has 0 unspecified atom stereocenters. The molecule has 1 saturated heterocycles. The molecule has 1 heterocycles. The smallest absolute Gasteiger partial charge is 0.255 e. The predicted octanol–water partition coefficient (Wildman–Crippen LogP) is 2.89. The van der Waals surface area contributed by atoms with Gasteiger partial charge in [-0.1, -0.05) is 23.7 Å². The summed E-state index contributed by atoms with van der Waals surface area (Å²) in [5.41, 5.74) is 0.0455. The summed E-state index contributed by atoms with van der Waals surface area (Å²) in [6, 6.07) is 11.5. The molecule has 0 saturated carbocycles. The second-order valence-corrected chi connectivity index (χ2v) is 8.63. The van der Waals surface area contributed by atoms with Gasteiger partial charge in [-0.3, -0.25) is 4.79 Å². The van der Waals surface area contributed by atoms with Crippen LogP contribution in [0.3, 0.4) is 0 Å². The van der Waals surface area contributed by atoms with Gasteiger partial charge in [0.15, 0.2) is 0 Å². The summed E-state index contributed by atoms with van der Waals surface area (Å²) >= 11 is 6.09. The van der Waals surface area contributed by atoms with E-state index in [0.717, 1.165) is 18.2 Å². The summed E-state index contributed by atoms with van der Waals surface area (Å²) < 4.78 is 40.5. The predicted molar refractivity (Wildman–Crippen MR) is 102 cm³/mol. The molecule has 146 valence electrons. The van der Waals surface area contributed by atoms with E-state index in [1.807, 2.05) is 0 Å². The van der Waals surface area contributed by atoms with Gasteiger partial charge in [-0.15, -0.1) is 0 Å². The molecular weight excluding hydrogens is 405 g/mol. The van der Waals surface area contributed by atoms with Gasteiger partial charge in [0.2, 0.25) is 10.0 Å². The van der Waals surface area contributed by atoms with Crippen LogP contribution in [0.5, 0.6) is 0 Å². The molecule has 0 N–H and O–H groups in total. The number of hydrogen-bond donors (Lipinski definition) is 0. The summed E-state index contributed by atoms with van der Waals surface area (Å²) in [4.78, 5) is 14.1. The fraction of sp³-hybridized carbons (Fsp3) is 0.263. The minimum absolute atomic E-state index is 0.0950. The van der Waals surface area contributed by atoms with Crippen molar-refractivity contribution in [3.63, 3.8) is 0 Å². The minimum Gasteiger partial charge on any atom is -0.337 e. The molecule has 0 radical (unpaired) electrons. The third-order valence-electron chi connectivity index (χ3n) is 4.54. The van der Waals surface area contributed by atoms with E-state index in [2.05, 4.69) is 0 Å². The zero-order valence-corrected chi connectivity index (χ0v) is 16.4. The lowest BCUT2D eigenvalue weighted by molar-refractivity contribution is 0.0764. The van der Waals surface area contributed by atoms with Crippen LogP contribution in [0.1, 0.15) is 22.3 Å². The van der Waals surface area contributed by atoms with E-state index >= 15 is 0 Å². The highest BCUT2D eigenvalue weighted by molar-refractivity contribution is 7.89. The molecule has 0 aromatic heterocycles. The van der Waals surface area contributed by atoms with Crippen LogP contribution in [0.15, 0.2) is 47.4 Å². The van der Waals surface area contributed by atoms with Crippen molar-refractivity contribution in [3.05, 3.63) is 64.4 Å². The quantitative estimate of drug-likeness (QED) is 0.763. The van der Waals surface area contributed by atoms with E-state index in [4.69, 9.17) is 16.9 Å². The summed E-state index contributed by atoms with van der Waals surface area (Å²) in [6.07, 6.45) is 0.446. The number of carbonyl (C=O) groups excluding carboxylic acids is 1. The number of nitriles is 1. The number of carbonyl (C=O) groups is 1. The molecule has 2 aromatic carbocycles. The van der Waals surface area contributed by atoms with Gasteiger partial charge < -0.3 is 4.90 Å². The molecule has 1 fully saturated rings. The summed E-state index contributed by atoms with van der Waals surface area (Å²) in [7, 11) is -3.91. The van der Waals surface area contributed by atoms with Gasteiger partial charge in [0.1, 0.15) is 11.9 Å². The largest absolute Gasteiger partial charge is 0.337 e. The van der Waals surface area contributed by atoms with Gasteiger partial charge in [-0.05, 0) is 36.8 Å². The zero-order valence-electron chi connectivity index (χ0n) is 14.8. The molecule has 0 bridgehead atoms. The highest BCUT2D eigenvalue weighted by Gasteiger charge is 2.29. The zero-order chi connectivity index (χ0) is 20.3. The average Bonchev–Trinajstić information content (AvgIpc) is 2.95. The number of nitrogens with zero attached hydrogens (tertiary/aromatic N) is 3. The highest BCUT2D eigenvalue weighted by atomic mass is 35.5. The molecule has 1 aliphatic heterocycles. The third-order valence-corrected chi connectivity index (χ3v) is 6.77. The van der Waals surface area contributed by atoms with E-state index in [1.165, 1.54) is 4.31 Å². The summed E-state index contributed by atoms with van der Waals surface area (Å²) in [6.45, 7) is 0.907. The van der Waals surface area contributed by atoms with Crippen LogP contribution in [0.4, 0.5) is 4.39 Å². The van der Waals surface area contributed by atoms with Crippen LogP contribution in [0.2, 0.25) is 5.02 Å². The van der Waals surface area contributed by atoms with Crippen LogP contribution in [0.25, 0.3) is 0 Å². The molecule has 3 rings (SSSR count). The topological polar surface area (TPSA) is 81.5 Å².